The largest absolute Gasteiger partial charge is 0.399 e. The van der Waals surface area contributed by atoms with Crippen molar-refractivity contribution in [2.45, 2.75) is 40.2 Å². The molecule has 4 heteroatoms. The van der Waals surface area contributed by atoms with Crippen molar-refractivity contribution in [1.29, 1.82) is 0 Å². The number of benzene rings is 1. The van der Waals surface area contributed by atoms with Gasteiger partial charge >= 0.3 is 0 Å². The molecule has 0 unspecified atom stereocenters. The number of nitrogen functional groups attached to an aromatic ring is 1. The maximum absolute atomic E-state index is 5.89. The van der Waals surface area contributed by atoms with Crippen molar-refractivity contribution in [1.82, 2.24) is 9.55 Å². The van der Waals surface area contributed by atoms with Crippen LogP contribution in [-0.2, 0) is 13.0 Å². The fraction of sp³-hybridized carbons (Fsp3) is 0.353. The average molecular weight is 299 g/mol. The van der Waals surface area contributed by atoms with E-state index in [0.717, 1.165) is 36.4 Å². The Morgan fingerprint density at radius 1 is 1.24 bits per heavy atom. The monoisotopic (exact) mass is 299 g/mol. The van der Waals surface area contributed by atoms with Crippen LogP contribution >= 0.6 is 11.3 Å². The molecule has 1 aromatic carbocycles. The van der Waals surface area contributed by atoms with Crippen LogP contribution < -0.4 is 5.73 Å². The number of imidazole rings is 1. The highest BCUT2D eigenvalue weighted by Gasteiger charge is 2.12. The van der Waals surface area contributed by atoms with Crippen LogP contribution in [0.4, 0.5) is 5.69 Å². The van der Waals surface area contributed by atoms with Crippen LogP contribution in [0.2, 0.25) is 0 Å². The van der Waals surface area contributed by atoms with Gasteiger partial charge in [-0.15, -0.1) is 11.3 Å². The van der Waals surface area contributed by atoms with Gasteiger partial charge in [-0.2, -0.15) is 0 Å². The zero-order valence-corrected chi connectivity index (χ0v) is 13.6. The minimum atomic E-state index is 0.776. The molecule has 21 heavy (non-hydrogen) atoms. The van der Waals surface area contributed by atoms with E-state index in [-0.39, 0.29) is 0 Å². The molecule has 0 radical (unpaired) electrons. The molecule has 3 nitrogen and oxygen atoms in total. The third kappa shape index (κ3) is 2.68. The van der Waals surface area contributed by atoms with Crippen LogP contribution in [0.1, 0.15) is 34.5 Å². The van der Waals surface area contributed by atoms with E-state index in [4.69, 9.17) is 10.7 Å². The molecule has 2 aromatic heterocycles. The predicted molar refractivity (Wildman–Crippen MR) is 91.0 cm³/mol. The first-order valence-electron chi connectivity index (χ1n) is 7.39. The molecule has 2 N–H and O–H groups in total. The van der Waals surface area contributed by atoms with E-state index < -0.39 is 0 Å². The third-order valence-corrected chi connectivity index (χ3v) is 4.99. The van der Waals surface area contributed by atoms with E-state index in [1.54, 1.807) is 0 Å². The minimum absolute atomic E-state index is 0.776. The first kappa shape index (κ1) is 14.1. The Morgan fingerprint density at radius 3 is 2.71 bits per heavy atom. The Balaban J connectivity index is 2.08. The van der Waals surface area contributed by atoms with E-state index in [9.17, 15) is 0 Å². The highest BCUT2D eigenvalue weighted by atomic mass is 32.1. The Hall–Kier alpha value is -1.81. The van der Waals surface area contributed by atoms with Crippen LogP contribution in [0.25, 0.3) is 11.0 Å². The Labute approximate surface area is 129 Å². The smallest absolute Gasteiger partial charge is 0.110 e. The zero-order valence-electron chi connectivity index (χ0n) is 12.8. The number of nitrogens with zero attached hydrogens (tertiary/aromatic N) is 2. The highest BCUT2D eigenvalue weighted by molar-refractivity contribution is 7.12. The summed E-state index contributed by atoms with van der Waals surface area (Å²) in [6.07, 6.45) is 2.10. The summed E-state index contributed by atoms with van der Waals surface area (Å²) in [5.41, 5.74) is 10.2. The number of thiophene rings is 1. The average Bonchev–Trinajstić information content (AvgIpc) is 2.92. The summed E-state index contributed by atoms with van der Waals surface area (Å²) in [7, 11) is 0. The van der Waals surface area contributed by atoms with E-state index in [0.29, 0.717) is 0 Å². The first-order valence-corrected chi connectivity index (χ1v) is 8.20. The van der Waals surface area contributed by atoms with Gasteiger partial charge in [-0.1, -0.05) is 6.92 Å². The molecule has 0 aliphatic rings. The molecular formula is C17H21N3S. The number of anilines is 1. The van der Waals surface area contributed by atoms with Gasteiger partial charge in [-0.3, -0.25) is 0 Å². The van der Waals surface area contributed by atoms with Crippen molar-refractivity contribution in [3.8, 4) is 0 Å². The Morgan fingerprint density at radius 2 is 2.05 bits per heavy atom. The van der Waals surface area contributed by atoms with Gasteiger partial charge < -0.3 is 10.3 Å². The van der Waals surface area contributed by atoms with E-state index in [1.165, 1.54) is 20.8 Å². The predicted octanol–water partition coefficient (Wildman–Crippen LogP) is 4.30. The number of fused-ring (bicyclic) bond motifs is 1. The van der Waals surface area contributed by atoms with Crippen molar-refractivity contribution in [3.05, 3.63) is 45.4 Å². The van der Waals surface area contributed by atoms with Gasteiger partial charge in [0.05, 0.1) is 17.6 Å². The quantitative estimate of drug-likeness (QED) is 0.730. The molecule has 0 bridgehead atoms. The summed E-state index contributed by atoms with van der Waals surface area (Å²) in [5.74, 6) is 1.15. The van der Waals surface area contributed by atoms with Crippen molar-refractivity contribution >= 4 is 28.1 Å². The highest BCUT2D eigenvalue weighted by Crippen LogP contribution is 2.25. The van der Waals surface area contributed by atoms with Gasteiger partial charge in [0.25, 0.3) is 0 Å². The molecule has 2 heterocycles. The Bertz CT molecular complexity index is 763. The Kier molecular flexibility index (Phi) is 3.72. The summed E-state index contributed by atoms with van der Waals surface area (Å²) in [5, 5.41) is 0. The van der Waals surface area contributed by atoms with E-state index in [2.05, 4.69) is 37.5 Å². The van der Waals surface area contributed by atoms with Gasteiger partial charge in [0.15, 0.2) is 0 Å². The summed E-state index contributed by atoms with van der Waals surface area (Å²) in [6, 6.07) is 8.31. The molecule has 3 aromatic rings. The lowest BCUT2D eigenvalue weighted by Gasteiger charge is -2.07. The number of aryl methyl sites for hydroxylation is 3. The number of aromatic nitrogens is 2. The second-order valence-electron chi connectivity index (χ2n) is 5.56. The summed E-state index contributed by atoms with van der Waals surface area (Å²) < 4.78 is 2.34. The fourth-order valence-electron chi connectivity index (χ4n) is 2.67. The number of hydrogen-bond donors (Lipinski definition) is 1. The van der Waals surface area contributed by atoms with Gasteiger partial charge in [0, 0.05) is 21.9 Å². The van der Waals surface area contributed by atoms with Crippen molar-refractivity contribution in [2.75, 3.05) is 5.73 Å². The van der Waals surface area contributed by atoms with Gasteiger partial charge in [-0.05, 0) is 50.1 Å². The molecule has 0 aliphatic heterocycles. The normalized spacial score (nSPS) is 11.4. The summed E-state index contributed by atoms with van der Waals surface area (Å²) in [4.78, 5) is 7.56. The van der Waals surface area contributed by atoms with Crippen molar-refractivity contribution in [2.24, 2.45) is 0 Å². The molecule has 110 valence electrons. The van der Waals surface area contributed by atoms with Crippen LogP contribution in [0.5, 0.6) is 0 Å². The van der Waals surface area contributed by atoms with Gasteiger partial charge in [0.1, 0.15) is 5.82 Å². The standard InChI is InChI=1S/C17H21N3S/c1-4-5-17-19-15-9-13(18)6-7-16(15)20(17)10-14-8-11(2)12(3)21-14/h6-9H,4-5,10,18H2,1-3H3. The lowest BCUT2D eigenvalue weighted by Crippen LogP contribution is -2.04. The number of rotatable bonds is 4. The van der Waals surface area contributed by atoms with Gasteiger partial charge in [0.2, 0.25) is 0 Å². The van der Waals surface area contributed by atoms with E-state index in [1.807, 2.05) is 23.5 Å². The van der Waals surface area contributed by atoms with Crippen LogP contribution in [-0.4, -0.2) is 9.55 Å². The summed E-state index contributed by atoms with van der Waals surface area (Å²) in [6.45, 7) is 7.45. The molecule has 0 atom stereocenters. The van der Waals surface area contributed by atoms with Crippen LogP contribution in [0.15, 0.2) is 24.3 Å². The zero-order chi connectivity index (χ0) is 15.0. The molecule has 0 saturated carbocycles. The fourth-order valence-corrected chi connectivity index (χ4v) is 3.71. The number of hydrogen-bond acceptors (Lipinski definition) is 3. The molecule has 0 spiro atoms. The molecular weight excluding hydrogens is 278 g/mol. The van der Waals surface area contributed by atoms with Crippen LogP contribution in [0.3, 0.4) is 0 Å². The second kappa shape index (κ2) is 5.53. The molecule has 0 aliphatic carbocycles. The maximum Gasteiger partial charge on any atom is 0.110 e. The SMILES string of the molecule is CCCc1nc2cc(N)ccc2n1Cc1cc(C)c(C)s1. The topological polar surface area (TPSA) is 43.8 Å². The van der Waals surface area contributed by atoms with Crippen molar-refractivity contribution < 1.29 is 0 Å². The van der Waals surface area contributed by atoms with Crippen molar-refractivity contribution in [3.63, 3.8) is 0 Å². The van der Waals surface area contributed by atoms with Gasteiger partial charge in [-0.25, -0.2) is 4.98 Å². The molecule has 0 fully saturated rings. The lowest BCUT2D eigenvalue weighted by molar-refractivity contribution is 0.727. The molecule has 0 amide bonds. The molecule has 3 rings (SSSR count). The van der Waals surface area contributed by atoms with Crippen LogP contribution in [0, 0.1) is 13.8 Å². The lowest BCUT2D eigenvalue weighted by atomic mass is 10.2. The third-order valence-electron chi connectivity index (χ3n) is 3.86. The maximum atomic E-state index is 5.89. The first-order chi connectivity index (χ1) is 10.1. The van der Waals surface area contributed by atoms with E-state index >= 15 is 0 Å². The minimum Gasteiger partial charge on any atom is -0.399 e. The number of nitrogens with two attached hydrogens (primary N) is 1. The molecule has 0 saturated heterocycles. The summed E-state index contributed by atoms with van der Waals surface area (Å²) >= 11 is 1.88. The second-order valence-corrected chi connectivity index (χ2v) is 6.91.